The van der Waals surface area contributed by atoms with E-state index >= 15 is 0 Å². The highest BCUT2D eigenvalue weighted by Gasteiger charge is 2.22. The van der Waals surface area contributed by atoms with Crippen molar-refractivity contribution in [3.8, 4) is 16.8 Å². The van der Waals surface area contributed by atoms with Crippen LogP contribution in [0.1, 0.15) is 16.7 Å². The summed E-state index contributed by atoms with van der Waals surface area (Å²) < 4.78 is 2.43. The normalized spacial score (nSPS) is 12.1. The van der Waals surface area contributed by atoms with Gasteiger partial charge in [0.2, 0.25) is 0 Å². The molecule has 4 nitrogen and oxygen atoms in total. The molecule has 0 amide bonds. The number of para-hydroxylation sites is 1. The number of aliphatic imine (C=N–C) groups is 2. The van der Waals surface area contributed by atoms with E-state index in [1.165, 1.54) is 32.8 Å². The van der Waals surface area contributed by atoms with Crippen molar-refractivity contribution >= 4 is 72.0 Å². The molecule has 0 spiro atoms. The maximum Gasteiger partial charge on any atom is 0.162 e. The van der Waals surface area contributed by atoms with Crippen LogP contribution in [0.25, 0.3) is 70.9 Å². The third-order valence-corrected chi connectivity index (χ3v) is 10.5. The molecule has 0 aliphatic carbocycles. The summed E-state index contributed by atoms with van der Waals surface area (Å²) in [6.07, 6.45) is 1.84. The SMILES string of the molecule is N=C(/N=C(\N=C\c1ccccc1)c1cc2c3ccccc3c3c(c4ccccc4n3-c3ccc(-c4ccccc4)cc3)c2c2ccccc12)c1ccccc1. The molecule has 0 fully saturated rings. The minimum atomic E-state index is 0.159. The standard InChI is InChI=1S/C51H34N4/c52-50(37-20-8-3-9-21-37)54-51(53-33-34-16-4-1-5-17-34)45-32-44-40-23-11-13-25-42(40)49-48(47(44)41-24-12-10-22-39(41)45)43-26-14-15-27-46(43)55(49)38-30-28-36(29-31-38)35-18-6-2-7-19-35/h1-33,52H/b52-50?,53-33+,54-51-. The summed E-state index contributed by atoms with van der Waals surface area (Å²) in [5.74, 6) is 0.646. The highest BCUT2D eigenvalue weighted by atomic mass is 15.0. The van der Waals surface area contributed by atoms with E-state index in [1.54, 1.807) is 0 Å². The molecule has 0 aliphatic heterocycles. The fourth-order valence-corrected chi connectivity index (χ4v) is 8.02. The lowest BCUT2D eigenvalue weighted by Gasteiger charge is -2.16. The molecule has 55 heavy (non-hydrogen) atoms. The minimum absolute atomic E-state index is 0.159. The first kappa shape index (κ1) is 32.2. The van der Waals surface area contributed by atoms with E-state index in [0.29, 0.717) is 5.84 Å². The first-order valence-electron chi connectivity index (χ1n) is 18.5. The summed E-state index contributed by atoms with van der Waals surface area (Å²) >= 11 is 0. The molecule has 9 aromatic carbocycles. The van der Waals surface area contributed by atoms with Crippen LogP contribution in [0.3, 0.4) is 0 Å². The first-order valence-corrected chi connectivity index (χ1v) is 18.5. The van der Waals surface area contributed by atoms with Gasteiger partial charge in [-0.15, -0.1) is 0 Å². The fraction of sp³-hybridized carbons (Fsp3) is 0. The summed E-state index contributed by atoms with van der Waals surface area (Å²) in [7, 11) is 0. The van der Waals surface area contributed by atoms with Gasteiger partial charge in [0.15, 0.2) is 11.7 Å². The number of nitrogens with one attached hydrogen (secondary N) is 1. The number of hydrogen-bond donors (Lipinski definition) is 1. The topological polar surface area (TPSA) is 53.5 Å². The van der Waals surface area contributed by atoms with E-state index in [9.17, 15) is 0 Å². The number of benzene rings is 9. The van der Waals surface area contributed by atoms with Crippen LogP contribution in [-0.4, -0.2) is 22.5 Å². The number of nitrogens with zero attached hydrogens (tertiary/aromatic N) is 3. The Morgan fingerprint density at radius 2 is 1.04 bits per heavy atom. The Kier molecular flexibility index (Phi) is 7.93. The Labute approximate surface area is 318 Å². The van der Waals surface area contributed by atoms with Crippen molar-refractivity contribution in [1.82, 2.24) is 4.57 Å². The summed E-state index contributed by atoms with van der Waals surface area (Å²) in [5, 5.41) is 18.2. The number of rotatable bonds is 5. The number of amidine groups is 2. The van der Waals surface area contributed by atoms with Gasteiger partial charge in [-0.25, -0.2) is 9.98 Å². The van der Waals surface area contributed by atoms with E-state index in [2.05, 4.69) is 138 Å². The Morgan fingerprint density at radius 3 is 1.76 bits per heavy atom. The van der Waals surface area contributed by atoms with Crippen molar-refractivity contribution in [2.24, 2.45) is 9.98 Å². The average Bonchev–Trinajstić information content (AvgIpc) is 3.61. The van der Waals surface area contributed by atoms with Gasteiger partial charge in [-0.05, 0) is 62.5 Å². The Balaban J connectivity index is 1.29. The predicted molar refractivity (Wildman–Crippen MR) is 233 cm³/mol. The van der Waals surface area contributed by atoms with Crippen LogP contribution < -0.4 is 0 Å². The molecule has 0 bridgehead atoms. The van der Waals surface area contributed by atoms with Gasteiger partial charge in [0.1, 0.15) is 0 Å². The maximum atomic E-state index is 9.08. The first-order chi connectivity index (χ1) is 27.2. The lowest BCUT2D eigenvalue weighted by atomic mass is 9.90. The zero-order valence-corrected chi connectivity index (χ0v) is 29.9. The van der Waals surface area contributed by atoms with Gasteiger partial charge in [-0.2, -0.15) is 0 Å². The molecule has 4 heteroatoms. The average molecular weight is 703 g/mol. The third kappa shape index (κ3) is 5.60. The summed E-state index contributed by atoms with van der Waals surface area (Å²) in [6.45, 7) is 0. The molecule has 0 unspecified atom stereocenters. The molecule has 1 aromatic heterocycles. The van der Waals surface area contributed by atoms with E-state index in [1.807, 2.05) is 66.9 Å². The Morgan fingerprint density at radius 1 is 0.473 bits per heavy atom. The van der Waals surface area contributed by atoms with Gasteiger partial charge < -0.3 is 4.57 Å². The second-order valence-electron chi connectivity index (χ2n) is 13.7. The summed E-state index contributed by atoms with van der Waals surface area (Å²) in [5.41, 5.74) is 8.40. The van der Waals surface area contributed by atoms with E-state index < -0.39 is 0 Å². The number of aromatic nitrogens is 1. The second kappa shape index (κ2) is 13.5. The molecule has 0 atom stereocenters. The molecule has 258 valence electrons. The predicted octanol–water partition coefficient (Wildman–Crippen LogP) is 12.8. The molecule has 1 N–H and O–H groups in total. The van der Waals surface area contributed by atoms with Gasteiger partial charge >= 0.3 is 0 Å². The molecule has 10 aromatic rings. The zero-order chi connectivity index (χ0) is 36.7. The van der Waals surface area contributed by atoms with Crippen LogP contribution in [0.15, 0.2) is 204 Å². The molecular formula is C51H34N4. The van der Waals surface area contributed by atoms with Crippen molar-refractivity contribution in [2.75, 3.05) is 0 Å². The largest absolute Gasteiger partial charge is 0.309 e. The summed E-state index contributed by atoms with van der Waals surface area (Å²) in [4.78, 5) is 9.98. The zero-order valence-electron chi connectivity index (χ0n) is 29.9. The third-order valence-electron chi connectivity index (χ3n) is 10.5. The smallest absolute Gasteiger partial charge is 0.162 e. The molecular weight excluding hydrogens is 669 g/mol. The molecule has 0 aliphatic rings. The Hall–Kier alpha value is -7.43. The van der Waals surface area contributed by atoms with Crippen molar-refractivity contribution in [3.05, 3.63) is 211 Å². The van der Waals surface area contributed by atoms with Crippen LogP contribution in [0.5, 0.6) is 0 Å². The number of hydrogen-bond acceptors (Lipinski definition) is 1. The van der Waals surface area contributed by atoms with Crippen molar-refractivity contribution in [2.45, 2.75) is 0 Å². The van der Waals surface area contributed by atoms with Crippen molar-refractivity contribution in [3.63, 3.8) is 0 Å². The lowest BCUT2D eigenvalue weighted by Crippen LogP contribution is -2.06. The fourth-order valence-electron chi connectivity index (χ4n) is 8.02. The van der Waals surface area contributed by atoms with Crippen LogP contribution in [0, 0.1) is 5.41 Å². The van der Waals surface area contributed by atoms with Crippen LogP contribution in [0.4, 0.5) is 0 Å². The van der Waals surface area contributed by atoms with Gasteiger partial charge in [0.25, 0.3) is 0 Å². The van der Waals surface area contributed by atoms with Gasteiger partial charge in [-0.1, -0.05) is 170 Å². The molecule has 1 heterocycles. The van der Waals surface area contributed by atoms with Gasteiger partial charge in [0.05, 0.1) is 11.0 Å². The minimum Gasteiger partial charge on any atom is -0.309 e. The highest BCUT2D eigenvalue weighted by Crippen LogP contribution is 2.45. The molecule has 0 saturated carbocycles. The van der Waals surface area contributed by atoms with Crippen LogP contribution in [-0.2, 0) is 0 Å². The van der Waals surface area contributed by atoms with Crippen LogP contribution >= 0.6 is 0 Å². The van der Waals surface area contributed by atoms with Gasteiger partial charge in [0, 0.05) is 44.6 Å². The van der Waals surface area contributed by atoms with Crippen molar-refractivity contribution in [1.29, 1.82) is 5.41 Å². The quantitative estimate of drug-likeness (QED) is 0.105. The van der Waals surface area contributed by atoms with E-state index in [0.717, 1.165) is 54.8 Å². The highest BCUT2D eigenvalue weighted by molar-refractivity contribution is 6.38. The summed E-state index contributed by atoms with van der Waals surface area (Å²) in [6, 6.07) is 67.5. The Bertz CT molecular complexity index is 3120. The molecule has 0 saturated heterocycles. The molecule has 10 rings (SSSR count). The van der Waals surface area contributed by atoms with Crippen LogP contribution in [0.2, 0.25) is 0 Å². The molecule has 0 radical (unpaired) electrons. The second-order valence-corrected chi connectivity index (χ2v) is 13.7. The maximum absolute atomic E-state index is 9.08. The lowest BCUT2D eigenvalue weighted by molar-refractivity contribution is 1.19. The van der Waals surface area contributed by atoms with E-state index in [-0.39, 0.29) is 5.84 Å². The van der Waals surface area contributed by atoms with Crippen molar-refractivity contribution < 1.29 is 0 Å². The number of fused-ring (bicyclic) bond motifs is 10. The van der Waals surface area contributed by atoms with Gasteiger partial charge in [-0.3, -0.25) is 5.41 Å². The monoisotopic (exact) mass is 702 g/mol. The van der Waals surface area contributed by atoms with E-state index in [4.69, 9.17) is 15.4 Å².